The minimum absolute atomic E-state index is 0.440. The Morgan fingerprint density at radius 2 is 1.32 bits per heavy atom. The van der Waals surface area contributed by atoms with Crippen molar-refractivity contribution in [2.45, 2.75) is 19.8 Å². The first kappa shape index (κ1) is 18.9. The Morgan fingerprint density at radius 1 is 0.842 bits per heavy atom. The third-order valence-corrected chi connectivity index (χ3v) is 2.63. The largest absolute Gasteiger partial charge is 0.379 e. The van der Waals surface area contributed by atoms with Gasteiger partial charge in [-0.3, -0.25) is 0 Å². The molecule has 4 nitrogen and oxygen atoms in total. The zero-order valence-corrected chi connectivity index (χ0v) is 12.8. The number of hydrogen-bond donors (Lipinski definition) is 0. The summed E-state index contributed by atoms with van der Waals surface area (Å²) in [7, 11) is 0. The molecule has 0 radical (unpaired) electrons. The Balaban J connectivity index is 2.97. The molecular weight excluding hydrogens is 268 g/mol. The molecule has 0 atom stereocenters. The van der Waals surface area contributed by atoms with E-state index in [1.165, 1.54) is 0 Å². The summed E-state index contributed by atoms with van der Waals surface area (Å²) in [5, 5.41) is 0. The van der Waals surface area contributed by atoms with E-state index in [0.717, 1.165) is 25.0 Å². The summed E-state index contributed by atoms with van der Waals surface area (Å²) >= 11 is 5.57. The van der Waals surface area contributed by atoms with Crippen LogP contribution in [0.2, 0.25) is 0 Å². The maximum absolute atomic E-state index is 5.57. The fourth-order valence-electron chi connectivity index (χ4n) is 1.16. The first-order valence-electron chi connectivity index (χ1n) is 6.84. The molecule has 0 aliphatic carbocycles. The molecule has 0 aromatic heterocycles. The van der Waals surface area contributed by atoms with Crippen LogP contribution in [0.4, 0.5) is 0 Å². The van der Waals surface area contributed by atoms with Crippen LogP contribution >= 0.6 is 11.6 Å². The Labute approximate surface area is 122 Å². The third kappa shape index (κ3) is 15.8. The van der Waals surface area contributed by atoms with Gasteiger partial charge >= 0.3 is 0 Å². The average Bonchev–Trinajstić information content (AvgIpc) is 2.43. The number of ether oxygens (including phenoxy) is 4. The molecule has 0 N–H and O–H groups in total. The van der Waals surface area contributed by atoms with E-state index in [4.69, 9.17) is 30.5 Å². The molecule has 0 bridgehead atoms. The molecule has 114 valence electrons. The smallest absolute Gasteiger partial charge is 0.0704 e. The number of alkyl halides is 1. The number of rotatable bonds is 15. The standard InChI is InChI=1S/C14H27ClO4/c1-3-4-5-16-6-7-17-8-9-18-10-11-19-13-14(2)12-15/h2-13H2,1H3. The van der Waals surface area contributed by atoms with Crippen molar-refractivity contribution in [3.63, 3.8) is 0 Å². The normalized spacial score (nSPS) is 10.8. The second-order valence-electron chi connectivity index (χ2n) is 4.13. The van der Waals surface area contributed by atoms with Crippen LogP contribution < -0.4 is 0 Å². The molecular formula is C14H27ClO4. The monoisotopic (exact) mass is 294 g/mol. The highest BCUT2D eigenvalue weighted by atomic mass is 35.5. The minimum Gasteiger partial charge on any atom is -0.379 e. The predicted octanol–water partition coefficient (Wildman–Crippen LogP) is 2.65. The second kappa shape index (κ2) is 15.9. The van der Waals surface area contributed by atoms with Crippen LogP contribution in [0, 0.1) is 0 Å². The van der Waals surface area contributed by atoms with Gasteiger partial charge in [-0.05, 0) is 12.0 Å². The molecule has 0 amide bonds. The molecule has 5 heteroatoms. The van der Waals surface area contributed by atoms with Gasteiger partial charge in [-0.25, -0.2) is 0 Å². The van der Waals surface area contributed by atoms with Gasteiger partial charge in [-0.1, -0.05) is 19.9 Å². The fourth-order valence-corrected chi connectivity index (χ4v) is 1.24. The van der Waals surface area contributed by atoms with Crippen LogP contribution in [-0.4, -0.2) is 58.7 Å². The third-order valence-electron chi connectivity index (χ3n) is 2.25. The quantitative estimate of drug-likeness (QED) is 0.264. The van der Waals surface area contributed by atoms with Crippen molar-refractivity contribution in [1.29, 1.82) is 0 Å². The van der Waals surface area contributed by atoms with E-state index in [1.807, 2.05) is 0 Å². The second-order valence-corrected chi connectivity index (χ2v) is 4.39. The maximum atomic E-state index is 5.57. The SMILES string of the molecule is C=C(CCl)COCCOCCOCCOCCCC. The predicted molar refractivity (Wildman–Crippen MR) is 78.0 cm³/mol. The van der Waals surface area contributed by atoms with E-state index in [2.05, 4.69) is 13.5 Å². The number of halogens is 1. The summed E-state index contributed by atoms with van der Waals surface area (Å²) in [6, 6.07) is 0. The molecule has 0 unspecified atom stereocenters. The van der Waals surface area contributed by atoms with Crippen LogP contribution in [0.5, 0.6) is 0 Å². The lowest BCUT2D eigenvalue weighted by Crippen LogP contribution is -2.12. The van der Waals surface area contributed by atoms with Gasteiger partial charge in [0, 0.05) is 12.5 Å². The lowest BCUT2D eigenvalue weighted by Gasteiger charge is -2.07. The van der Waals surface area contributed by atoms with Gasteiger partial charge in [0.15, 0.2) is 0 Å². The average molecular weight is 295 g/mol. The Hall–Kier alpha value is -0.130. The van der Waals surface area contributed by atoms with Gasteiger partial charge in [0.2, 0.25) is 0 Å². The zero-order valence-electron chi connectivity index (χ0n) is 12.0. The molecule has 0 fully saturated rings. The van der Waals surface area contributed by atoms with Crippen LogP contribution in [0.1, 0.15) is 19.8 Å². The van der Waals surface area contributed by atoms with Crippen LogP contribution in [0.25, 0.3) is 0 Å². The highest BCUT2D eigenvalue weighted by Crippen LogP contribution is 1.94. The minimum atomic E-state index is 0.440. The van der Waals surface area contributed by atoms with Crippen molar-refractivity contribution in [1.82, 2.24) is 0 Å². The summed E-state index contributed by atoms with van der Waals surface area (Å²) in [6.07, 6.45) is 2.27. The van der Waals surface area contributed by atoms with E-state index in [-0.39, 0.29) is 0 Å². The van der Waals surface area contributed by atoms with Crippen molar-refractivity contribution < 1.29 is 18.9 Å². The molecule has 0 aliphatic heterocycles. The van der Waals surface area contributed by atoms with E-state index in [9.17, 15) is 0 Å². The highest BCUT2D eigenvalue weighted by molar-refractivity contribution is 6.19. The summed E-state index contributed by atoms with van der Waals surface area (Å²) in [5.41, 5.74) is 0.882. The Morgan fingerprint density at radius 3 is 1.79 bits per heavy atom. The molecule has 0 aromatic rings. The number of unbranched alkanes of at least 4 members (excludes halogenated alkanes) is 1. The molecule has 0 saturated heterocycles. The summed E-state index contributed by atoms with van der Waals surface area (Å²) in [6.45, 7) is 10.8. The fraction of sp³-hybridized carbons (Fsp3) is 0.857. The van der Waals surface area contributed by atoms with E-state index < -0.39 is 0 Å². The number of hydrogen-bond acceptors (Lipinski definition) is 4. The lowest BCUT2D eigenvalue weighted by atomic mass is 10.4. The first-order valence-corrected chi connectivity index (χ1v) is 7.38. The van der Waals surface area contributed by atoms with Crippen LogP contribution in [0.3, 0.4) is 0 Å². The van der Waals surface area contributed by atoms with Crippen molar-refractivity contribution in [2.75, 3.05) is 58.7 Å². The summed E-state index contributed by atoms with van der Waals surface area (Å²) < 4.78 is 21.4. The van der Waals surface area contributed by atoms with Gasteiger partial charge in [-0.2, -0.15) is 0 Å². The van der Waals surface area contributed by atoms with Gasteiger partial charge in [0.1, 0.15) is 0 Å². The van der Waals surface area contributed by atoms with Crippen LogP contribution in [-0.2, 0) is 18.9 Å². The van der Waals surface area contributed by atoms with Crippen LogP contribution in [0.15, 0.2) is 12.2 Å². The van der Waals surface area contributed by atoms with E-state index in [0.29, 0.717) is 52.1 Å². The molecule has 0 saturated carbocycles. The molecule has 0 aromatic carbocycles. The van der Waals surface area contributed by atoms with Gasteiger partial charge in [0.05, 0.1) is 46.2 Å². The van der Waals surface area contributed by atoms with E-state index >= 15 is 0 Å². The Bertz CT molecular complexity index is 200. The zero-order chi connectivity index (χ0) is 14.2. The Kier molecular flexibility index (Phi) is 15.8. The first-order chi connectivity index (χ1) is 9.31. The van der Waals surface area contributed by atoms with Gasteiger partial charge < -0.3 is 18.9 Å². The molecule has 0 spiro atoms. The summed E-state index contributed by atoms with van der Waals surface area (Å²) in [5.74, 6) is 0.440. The molecule has 0 heterocycles. The van der Waals surface area contributed by atoms with Crippen molar-refractivity contribution in [3.8, 4) is 0 Å². The lowest BCUT2D eigenvalue weighted by molar-refractivity contribution is 0.000169. The highest BCUT2D eigenvalue weighted by Gasteiger charge is 1.94. The van der Waals surface area contributed by atoms with Crippen molar-refractivity contribution >= 4 is 11.6 Å². The topological polar surface area (TPSA) is 36.9 Å². The molecule has 0 rings (SSSR count). The van der Waals surface area contributed by atoms with Gasteiger partial charge in [0.25, 0.3) is 0 Å². The molecule has 19 heavy (non-hydrogen) atoms. The molecule has 0 aliphatic rings. The van der Waals surface area contributed by atoms with Crippen molar-refractivity contribution in [3.05, 3.63) is 12.2 Å². The maximum Gasteiger partial charge on any atom is 0.0704 e. The van der Waals surface area contributed by atoms with E-state index in [1.54, 1.807) is 0 Å². The summed E-state index contributed by atoms with van der Waals surface area (Å²) in [4.78, 5) is 0. The van der Waals surface area contributed by atoms with Crippen molar-refractivity contribution in [2.24, 2.45) is 0 Å². The van der Waals surface area contributed by atoms with Gasteiger partial charge in [-0.15, -0.1) is 11.6 Å².